The zero-order chi connectivity index (χ0) is 18.4. The summed E-state index contributed by atoms with van der Waals surface area (Å²) in [6, 6.07) is 0. The third-order valence-electron chi connectivity index (χ3n) is 5.69. The lowest BCUT2D eigenvalue weighted by Gasteiger charge is -2.29. The van der Waals surface area contributed by atoms with Crippen LogP contribution in [0.25, 0.3) is 0 Å². The number of rotatable bonds is 7. The standard InChI is InChI=1S/C18H32F3N3O/c1-3-23(13-18(19,20)21)11-15-6-9-24(12-15)17(25)10-14(2)16-4-7-22-8-5-16/h14-16,22H,3-13H2,1-2H3. The van der Waals surface area contributed by atoms with Crippen molar-refractivity contribution in [3.8, 4) is 0 Å². The van der Waals surface area contributed by atoms with E-state index in [4.69, 9.17) is 0 Å². The predicted octanol–water partition coefficient (Wildman–Crippen LogP) is 2.74. The van der Waals surface area contributed by atoms with Crippen molar-refractivity contribution in [2.45, 2.75) is 45.7 Å². The van der Waals surface area contributed by atoms with Crippen LogP contribution in [0.15, 0.2) is 0 Å². The molecule has 7 heteroatoms. The number of amides is 1. The second-order valence-corrected chi connectivity index (χ2v) is 7.71. The molecular formula is C18H32F3N3O. The van der Waals surface area contributed by atoms with E-state index in [1.54, 1.807) is 6.92 Å². The number of halogens is 3. The van der Waals surface area contributed by atoms with Crippen LogP contribution < -0.4 is 5.32 Å². The Balaban J connectivity index is 1.76. The van der Waals surface area contributed by atoms with Gasteiger partial charge in [0.15, 0.2) is 0 Å². The average Bonchev–Trinajstić information content (AvgIpc) is 3.02. The fourth-order valence-corrected chi connectivity index (χ4v) is 4.12. The van der Waals surface area contributed by atoms with Crippen molar-refractivity contribution < 1.29 is 18.0 Å². The van der Waals surface area contributed by atoms with E-state index in [2.05, 4.69) is 12.2 Å². The number of carbonyl (C=O) groups excluding carboxylic acids is 1. The number of hydrogen-bond donors (Lipinski definition) is 1. The summed E-state index contributed by atoms with van der Waals surface area (Å²) in [6.45, 7) is 7.20. The van der Waals surface area contributed by atoms with Crippen LogP contribution in [0.1, 0.15) is 39.5 Å². The number of piperidine rings is 1. The lowest BCUT2D eigenvalue weighted by molar-refractivity contribution is -0.146. The topological polar surface area (TPSA) is 35.6 Å². The van der Waals surface area contributed by atoms with E-state index in [1.165, 1.54) is 4.90 Å². The second kappa shape index (κ2) is 9.21. The van der Waals surface area contributed by atoms with E-state index in [0.29, 0.717) is 44.4 Å². The fraction of sp³-hybridized carbons (Fsp3) is 0.944. The van der Waals surface area contributed by atoms with Gasteiger partial charge in [0.1, 0.15) is 0 Å². The molecule has 0 radical (unpaired) electrons. The van der Waals surface area contributed by atoms with Gasteiger partial charge >= 0.3 is 6.18 Å². The third-order valence-corrected chi connectivity index (χ3v) is 5.69. The highest BCUT2D eigenvalue weighted by Gasteiger charge is 2.33. The molecule has 0 aromatic rings. The molecule has 0 aromatic carbocycles. The van der Waals surface area contributed by atoms with Gasteiger partial charge in [0.25, 0.3) is 0 Å². The summed E-state index contributed by atoms with van der Waals surface area (Å²) < 4.78 is 37.7. The molecule has 146 valence electrons. The van der Waals surface area contributed by atoms with Crippen LogP contribution in [-0.4, -0.2) is 67.7 Å². The Morgan fingerprint density at radius 2 is 1.96 bits per heavy atom. The van der Waals surface area contributed by atoms with Gasteiger partial charge in [-0.15, -0.1) is 0 Å². The van der Waals surface area contributed by atoms with Crippen LogP contribution >= 0.6 is 0 Å². The Morgan fingerprint density at radius 1 is 1.28 bits per heavy atom. The molecule has 2 aliphatic heterocycles. The first kappa shape index (κ1) is 20.5. The summed E-state index contributed by atoms with van der Waals surface area (Å²) in [4.78, 5) is 15.9. The second-order valence-electron chi connectivity index (χ2n) is 7.71. The molecule has 2 rings (SSSR count). The van der Waals surface area contributed by atoms with Crippen molar-refractivity contribution in [3.05, 3.63) is 0 Å². The van der Waals surface area contributed by atoms with Crippen molar-refractivity contribution in [1.82, 2.24) is 15.1 Å². The lowest BCUT2D eigenvalue weighted by atomic mass is 9.84. The largest absolute Gasteiger partial charge is 0.401 e. The maximum absolute atomic E-state index is 12.6. The summed E-state index contributed by atoms with van der Waals surface area (Å²) in [5.74, 6) is 1.31. The van der Waals surface area contributed by atoms with E-state index in [9.17, 15) is 18.0 Å². The minimum absolute atomic E-state index is 0.153. The summed E-state index contributed by atoms with van der Waals surface area (Å²) in [7, 11) is 0. The summed E-state index contributed by atoms with van der Waals surface area (Å²) in [6.07, 6.45) is -0.534. The van der Waals surface area contributed by atoms with Crippen molar-refractivity contribution >= 4 is 5.91 Å². The van der Waals surface area contributed by atoms with E-state index in [-0.39, 0.29) is 11.8 Å². The maximum Gasteiger partial charge on any atom is 0.401 e. The van der Waals surface area contributed by atoms with Gasteiger partial charge < -0.3 is 10.2 Å². The SMILES string of the molecule is CCN(CC1CCN(C(=O)CC(C)C2CCNCC2)C1)CC(F)(F)F. The number of likely N-dealkylation sites (tertiary alicyclic amines) is 1. The molecule has 25 heavy (non-hydrogen) atoms. The van der Waals surface area contributed by atoms with Crippen molar-refractivity contribution in [3.63, 3.8) is 0 Å². The zero-order valence-electron chi connectivity index (χ0n) is 15.4. The molecule has 2 atom stereocenters. The molecule has 0 bridgehead atoms. The molecule has 0 saturated carbocycles. The molecular weight excluding hydrogens is 331 g/mol. The van der Waals surface area contributed by atoms with Gasteiger partial charge in [-0.2, -0.15) is 13.2 Å². The Morgan fingerprint density at radius 3 is 2.56 bits per heavy atom. The van der Waals surface area contributed by atoms with Gasteiger partial charge in [0.2, 0.25) is 5.91 Å². The van der Waals surface area contributed by atoms with Crippen molar-refractivity contribution in [2.24, 2.45) is 17.8 Å². The van der Waals surface area contributed by atoms with Gasteiger partial charge in [-0.25, -0.2) is 0 Å². The highest BCUT2D eigenvalue weighted by molar-refractivity contribution is 5.76. The van der Waals surface area contributed by atoms with Crippen LogP contribution in [0.2, 0.25) is 0 Å². The van der Waals surface area contributed by atoms with Crippen LogP contribution in [0.3, 0.4) is 0 Å². The van der Waals surface area contributed by atoms with Gasteiger partial charge in [0.05, 0.1) is 6.54 Å². The van der Waals surface area contributed by atoms with Gasteiger partial charge in [-0.05, 0) is 56.7 Å². The number of hydrogen-bond acceptors (Lipinski definition) is 3. The number of carbonyl (C=O) groups is 1. The maximum atomic E-state index is 12.6. The Kier molecular flexibility index (Phi) is 7.55. The Labute approximate surface area is 149 Å². The molecule has 0 aliphatic carbocycles. The van der Waals surface area contributed by atoms with Gasteiger partial charge in [0, 0.05) is 26.1 Å². The van der Waals surface area contributed by atoms with Crippen LogP contribution in [0.4, 0.5) is 13.2 Å². The summed E-state index contributed by atoms with van der Waals surface area (Å²) in [5, 5.41) is 3.34. The van der Waals surface area contributed by atoms with Crippen molar-refractivity contribution in [2.75, 3.05) is 45.8 Å². The Bertz CT molecular complexity index is 424. The fourth-order valence-electron chi connectivity index (χ4n) is 4.12. The molecule has 0 spiro atoms. The molecule has 2 heterocycles. The monoisotopic (exact) mass is 363 g/mol. The van der Waals surface area contributed by atoms with E-state index >= 15 is 0 Å². The number of nitrogens with one attached hydrogen (secondary N) is 1. The number of alkyl halides is 3. The first-order valence-corrected chi connectivity index (χ1v) is 9.56. The third kappa shape index (κ3) is 6.77. The first-order chi connectivity index (χ1) is 11.8. The molecule has 1 amide bonds. The highest BCUT2D eigenvalue weighted by Crippen LogP contribution is 2.27. The molecule has 2 unspecified atom stereocenters. The molecule has 2 fully saturated rings. The Hall–Kier alpha value is -0.820. The minimum Gasteiger partial charge on any atom is -0.342 e. The van der Waals surface area contributed by atoms with E-state index in [0.717, 1.165) is 32.4 Å². The molecule has 0 aromatic heterocycles. The smallest absolute Gasteiger partial charge is 0.342 e. The number of nitrogens with zero attached hydrogens (tertiary/aromatic N) is 2. The molecule has 4 nitrogen and oxygen atoms in total. The molecule has 1 N–H and O–H groups in total. The van der Waals surface area contributed by atoms with E-state index in [1.807, 2.05) is 4.90 Å². The first-order valence-electron chi connectivity index (χ1n) is 9.56. The van der Waals surface area contributed by atoms with E-state index < -0.39 is 12.7 Å². The average molecular weight is 363 g/mol. The summed E-state index contributed by atoms with van der Waals surface area (Å²) in [5.41, 5.74) is 0. The molecule has 2 saturated heterocycles. The summed E-state index contributed by atoms with van der Waals surface area (Å²) >= 11 is 0. The van der Waals surface area contributed by atoms with Crippen LogP contribution in [-0.2, 0) is 4.79 Å². The van der Waals surface area contributed by atoms with Crippen LogP contribution in [0, 0.1) is 17.8 Å². The zero-order valence-corrected chi connectivity index (χ0v) is 15.4. The molecule has 2 aliphatic rings. The van der Waals surface area contributed by atoms with Crippen molar-refractivity contribution in [1.29, 1.82) is 0 Å². The minimum atomic E-state index is -4.16. The normalized spacial score (nSPS) is 24.1. The van der Waals surface area contributed by atoms with Crippen LogP contribution in [0.5, 0.6) is 0 Å². The highest BCUT2D eigenvalue weighted by atomic mass is 19.4. The van der Waals surface area contributed by atoms with Gasteiger partial charge in [-0.3, -0.25) is 9.69 Å². The quantitative estimate of drug-likeness (QED) is 0.756. The predicted molar refractivity (Wildman–Crippen MR) is 92.2 cm³/mol. The lowest BCUT2D eigenvalue weighted by Crippen LogP contribution is -2.39. The van der Waals surface area contributed by atoms with Gasteiger partial charge in [-0.1, -0.05) is 13.8 Å².